The van der Waals surface area contributed by atoms with Gasteiger partial charge in [-0.1, -0.05) is 77.2 Å². The summed E-state index contributed by atoms with van der Waals surface area (Å²) in [6.45, 7) is 1.62. The molecular formula is C25H23ClN4O4S3. The van der Waals surface area contributed by atoms with Crippen LogP contribution in [0.4, 0.5) is 10.8 Å². The third kappa shape index (κ3) is 7.01. The summed E-state index contributed by atoms with van der Waals surface area (Å²) in [5.41, 5.74) is 1.38. The second kappa shape index (κ2) is 12.4. The predicted molar refractivity (Wildman–Crippen MR) is 148 cm³/mol. The fourth-order valence-electron chi connectivity index (χ4n) is 3.30. The topological polar surface area (TPSA) is 101 Å². The molecule has 0 saturated heterocycles. The number of rotatable bonds is 11. The summed E-state index contributed by atoms with van der Waals surface area (Å²) in [5, 5.41) is 11.5. The lowest BCUT2D eigenvalue weighted by molar-refractivity contribution is -0.114. The van der Waals surface area contributed by atoms with E-state index in [0.29, 0.717) is 27.5 Å². The Morgan fingerprint density at radius 3 is 2.46 bits per heavy atom. The number of nitrogens with zero attached hydrogens (tertiary/aromatic N) is 3. The highest BCUT2D eigenvalue weighted by atomic mass is 35.5. The van der Waals surface area contributed by atoms with Gasteiger partial charge in [-0.25, -0.2) is 8.42 Å². The Bertz CT molecular complexity index is 1450. The maximum Gasteiger partial charge on any atom is 0.264 e. The maximum atomic E-state index is 13.6. The minimum Gasteiger partial charge on any atom is -0.492 e. The second-order valence-corrected chi connectivity index (χ2v) is 12.1. The number of thioether (sulfide) groups is 1. The largest absolute Gasteiger partial charge is 0.492 e. The Balaban J connectivity index is 1.54. The number of sulfonamides is 1. The number of amides is 1. The highest BCUT2D eigenvalue weighted by Gasteiger charge is 2.29. The zero-order valence-electron chi connectivity index (χ0n) is 19.7. The number of halogens is 1. The van der Waals surface area contributed by atoms with E-state index >= 15 is 0 Å². The first-order chi connectivity index (χ1) is 17.9. The summed E-state index contributed by atoms with van der Waals surface area (Å²) >= 11 is 8.68. The first-order valence-corrected chi connectivity index (χ1v) is 14.8. The van der Waals surface area contributed by atoms with Crippen LogP contribution in [0, 0.1) is 0 Å². The molecule has 0 unspecified atom stereocenters. The third-order valence-corrected chi connectivity index (χ3v) is 9.05. The molecule has 12 heteroatoms. The van der Waals surface area contributed by atoms with Crippen molar-refractivity contribution in [3.63, 3.8) is 0 Å². The van der Waals surface area contributed by atoms with E-state index in [1.54, 1.807) is 31.2 Å². The second-order valence-electron chi connectivity index (χ2n) is 7.56. The van der Waals surface area contributed by atoms with Crippen molar-refractivity contribution in [2.24, 2.45) is 0 Å². The van der Waals surface area contributed by atoms with Crippen molar-refractivity contribution in [1.82, 2.24) is 10.2 Å². The van der Waals surface area contributed by atoms with Gasteiger partial charge in [0.15, 0.2) is 4.34 Å². The number of carbonyl (C=O) groups is 1. The molecule has 1 heterocycles. The predicted octanol–water partition coefficient (Wildman–Crippen LogP) is 5.72. The molecule has 4 aromatic rings. The van der Waals surface area contributed by atoms with Crippen molar-refractivity contribution in [2.45, 2.75) is 21.9 Å². The Hall–Kier alpha value is -3.12. The monoisotopic (exact) mass is 574 g/mol. The summed E-state index contributed by atoms with van der Waals surface area (Å²) in [6.07, 6.45) is 0. The quantitative estimate of drug-likeness (QED) is 0.181. The lowest BCUT2D eigenvalue weighted by Gasteiger charge is -2.25. The standard InChI is InChI=1S/C25H23ClN4O4S3/c1-2-34-22-11-7-6-10-21(22)30(37(32,33)20-14-12-19(26)13-15-20)16-23(31)27-24-28-29-25(36-24)35-17-18-8-4-3-5-9-18/h3-15H,2,16-17H2,1H3,(H,27,28,31). The number of anilines is 2. The van der Waals surface area contributed by atoms with Gasteiger partial charge in [-0.3, -0.25) is 14.4 Å². The summed E-state index contributed by atoms with van der Waals surface area (Å²) in [6, 6.07) is 22.4. The van der Waals surface area contributed by atoms with Gasteiger partial charge in [0, 0.05) is 10.8 Å². The zero-order chi connectivity index (χ0) is 26.3. The molecule has 1 aromatic heterocycles. The van der Waals surface area contributed by atoms with Crippen LogP contribution in [0.15, 0.2) is 88.1 Å². The Morgan fingerprint density at radius 2 is 1.73 bits per heavy atom. The lowest BCUT2D eigenvalue weighted by atomic mass is 10.2. The number of ether oxygens (including phenoxy) is 1. The van der Waals surface area contributed by atoms with Crippen LogP contribution in [0.1, 0.15) is 12.5 Å². The molecule has 37 heavy (non-hydrogen) atoms. The fourth-order valence-corrected chi connectivity index (χ4v) is 6.58. The van der Waals surface area contributed by atoms with Crippen LogP contribution in [-0.2, 0) is 20.6 Å². The maximum absolute atomic E-state index is 13.6. The van der Waals surface area contributed by atoms with Gasteiger partial charge in [0.1, 0.15) is 12.3 Å². The van der Waals surface area contributed by atoms with E-state index in [4.69, 9.17) is 16.3 Å². The number of aromatic nitrogens is 2. The Kier molecular flexibility index (Phi) is 9.04. The number of hydrogen-bond acceptors (Lipinski definition) is 8. The molecule has 0 aliphatic heterocycles. The van der Waals surface area contributed by atoms with Crippen molar-refractivity contribution in [1.29, 1.82) is 0 Å². The molecule has 0 fully saturated rings. The van der Waals surface area contributed by atoms with Gasteiger partial charge in [0.05, 0.1) is 17.2 Å². The molecule has 0 atom stereocenters. The third-order valence-electron chi connectivity index (χ3n) is 4.98. The minimum absolute atomic E-state index is 0.00786. The minimum atomic E-state index is -4.14. The van der Waals surface area contributed by atoms with Gasteiger partial charge in [-0.15, -0.1) is 10.2 Å². The van der Waals surface area contributed by atoms with E-state index in [2.05, 4.69) is 15.5 Å². The Morgan fingerprint density at radius 1 is 1.03 bits per heavy atom. The molecule has 0 saturated carbocycles. The van der Waals surface area contributed by atoms with Gasteiger partial charge in [0.2, 0.25) is 11.0 Å². The van der Waals surface area contributed by atoms with E-state index in [0.717, 1.165) is 9.87 Å². The van der Waals surface area contributed by atoms with Crippen LogP contribution in [0.2, 0.25) is 5.02 Å². The van der Waals surface area contributed by atoms with Crippen molar-refractivity contribution < 1.29 is 17.9 Å². The highest BCUT2D eigenvalue weighted by Crippen LogP contribution is 2.33. The van der Waals surface area contributed by atoms with E-state index in [-0.39, 0.29) is 15.7 Å². The smallest absolute Gasteiger partial charge is 0.264 e. The Labute approximate surface area is 228 Å². The van der Waals surface area contributed by atoms with Crippen LogP contribution in [0.3, 0.4) is 0 Å². The number of carbonyl (C=O) groups excluding carboxylic acids is 1. The van der Waals surface area contributed by atoms with E-state index in [1.165, 1.54) is 47.4 Å². The number of hydrogen-bond donors (Lipinski definition) is 1. The van der Waals surface area contributed by atoms with Crippen LogP contribution in [0.25, 0.3) is 0 Å². The molecule has 3 aromatic carbocycles. The van der Waals surface area contributed by atoms with Gasteiger partial charge in [-0.05, 0) is 48.9 Å². The number of para-hydroxylation sites is 2. The summed E-state index contributed by atoms with van der Waals surface area (Å²) in [7, 11) is -4.14. The van der Waals surface area contributed by atoms with E-state index < -0.39 is 22.5 Å². The van der Waals surface area contributed by atoms with Crippen LogP contribution in [0.5, 0.6) is 5.75 Å². The molecule has 192 valence electrons. The van der Waals surface area contributed by atoms with Crippen molar-refractivity contribution in [3.05, 3.63) is 89.4 Å². The molecule has 0 spiro atoms. The van der Waals surface area contributed by atoms with E-state index in [9.17, 15) is 13.2 Å². The first kappa shape index (κ1) is 26.9. The van der Waals surface area contributed by atoms with Crippen LogP contribution in [-0.4, -0.2) is 37.7 Å². The van der Waals surface area contributed by atoms with Crippen LogP contribution < -0.4 is 14.4 Å². The first-order valence-electron chi connectivity index (χ1n) is 11.2. The molecule has 0 aliphatic carbocycles. The summed E-state index contributed by atoms with van der Waals surface area (Å²) < 4.78 is 34.6. The van der Waals surface area contributed by atoms with Gasteiger partial charge >= 0.3 is 0 Å². The van der Waals surface area contributed by atoms with Crippen molar-refractivity contribution in [3.8, 4) is 5.75 Å². The lowest BCUT2D eigenvalue weighted by Crippen LogP contribution is -2.38. The molecule has 1 N–H and O–H groups in total. The molecule has 8 nitrogen and oxygen atoms in total. The normalized spacial score (nSPS) is 11.2. The molecular weight excluding hydrogens is 552 g/mol. The SMILES string of the molecule is CCOc1ccccc1N(CC(=O)Nc1nnc(SCc2ccccc2)s1)S(=O)(=O)c1ccc(Cl)cc1. The zero-order valence-corrected chi connectivity index (χ0v) is 22.9. The number of nitrogens with one attached hydrogen (secondary N) is 1. The van der Waals surface area contributed by atoms with Gasteiger partial charge in [-0.2, -0.15) is 0 Å². The molecule has 0 aliphatic rings. The average molecular weight is 575 g/mol. The fraction of sp³-hybridized carbons (Fsp3) is 0.160. The number of benzene rings is 3. The average Bonchev–Trinajstić information content (AvgIpc) is 3.34. The van der Waals surface area contributed by atoms with Gasteiger partial charge < -0.3 is 4.74 Å². The van der Waals surface area contributed by atoms with Crippen molar-refractivity contribution in [2.75, 3.05) is 22.8 Å². The van der Waals surface area contributed by atoms with Crippen LogP contribution >= 0.6 is 34.7 Å². The summed E-state index contributed by atoms with van der Waals surface area (Å²) in [4.78, 5) is 13.0. The highest BCUT2D eigenvalue weighted by molar-refractivity contribution is 8.00. The van der Waals surface area contributed by atoms with Gasteiger partial charge in [0.25, 0.3) is 10.0 Å². The van der Waals surface area contributed by atoms with E-state index in [1.807, 2.05) is 30.3 Å². The molecule has 0 radical (unpaired) electrons. The van der Waals surface area contributed by atoms with Crippen molar-refractivity contribution >= 4 is 61.4 Å². The molecule has 0 bridgehead atoms. The summed E-state index contributed by atoms with van der Waals surface area (Å²) in [5.74, 6) is 0.482. The molecule has 1 amide bonds. The molecule has 4 rings (SSSR count).